The molecule has 1 radical (unpaired) electrons. The molecule has 0 spiro atoms. The first-order chi connectivity index (χ1) is 9.42. The smallest absolute Gasteiger partial charge is 0.00997 e. The molecule has 1 aliphatic rings. The summed E-state index contributed by atoms with van der Waals surface area (Å²) in [5.74, 6) is 0.818. The lowest BCUT2D eigenvalue weighted by Crippen LogP contribution is -2.40. The Labute approximate surface area is 124 Å². The van der Waals surface area contributed by atoms with Gasteiger partial charge in [-0.05, 0) is 82.7 Å². The van der Waals surface area contributed by atoms with Crippen molar-refractivity contribution >= 4 is 0 Å². The molecule has 1 aromatic carbocycles. The Bertz CT molecular complexity index is 394. The van der Waals surface area contributed by atoms with Crippen molar-refractivity contribution in [2.24, 2.45) is 11.7 Å². The summed E-state index contributed by atoms with van der Waals surface area (Å²) in [4.78, 5) is 2.60. The molecule has 2 rings (SSSR count). The van der Waals surface area contributed by atoms with Crippen molar-refractivity contribution in [3.8, 4) is 0 Å². The molecule has 1 saturated heterocycles. The summed E-state index contributed by atoms with van der Waals surface area (Å²) in [6.45, 7) is 10.0. The van der Waals surface area contributed by atoms with Crippen molar-refractivity contribution in [3.63, 3.8) is 0 Å². The molecular formula is C18H29N2. The van der Waals surface area contributed by atoms with Gasteiger partial charge in [-0.25, -0.2) is 0 Å². The molecular weight excluding hydrogens is 244 g/mol. The van der Waals surface area contributed by atoms with Crippen LogP contribution >= 0.6 is 0 Å². The van der Waals surface area contributed by atoms with E-state index in [0.717, 1.165) is 18.8 Å². The summed E-state index contributed by atoms with van der Waals surface area (Å²) < 4.78 is 0. The number of hydrogen-bond donors (Lipinski definition) is 1. The highest BCUT2D eigenvalue weighted by molar-refractivity contribution is 5.20. The van der Waals surface area contributed by atoms with E-state index in [2.05, 4.69) is 49.9 Å². The van der Waals surface area contributed by atoms with E-state index in [9.17, 15) is 0 Å². The zero-order valence-corrected chi connectivity index (χ0v) is 13.3. The van der Waals surface area contributed by atoms with Crippen molar-refractivity contribution in [2.75, 3.05) is 19.6 Å². The highest BCUT2D eigenvalue weighted by Crippen LogP contribution is 2.25. The third kappa shape index (κ3) is 5.26. The molecule has 1 aromatic rings. The minimum Gasteiger partial charge on any atom is -0.326 e. The fourth-order valence-electron chi connectivity index (χ4n) is 3.14. The van der Waals surface area contributed by atoms with Gasteiger partial charge in [0, 0.05) is 12.1 Å². The van der Waals surface area contributed by atoms with Crippen LogP contribution in [-0.4, -0.2) is 30.1 Å². The Kier molecular flexibility index (Phi) is 5.22. The molecule has 1 heterocycles. The molecule has 0 bridgehead atoms. The van der Waals surface area contributed by atoms with E-state index in [1.165, 1.54) is 43.6 Å². The van der Waals surface area contributed by atoms with Crippen molar-refractivity contribution in [2.45, 2.75) is 52.0 Å². The number of piperidine rings is 1. The Balaban J connectivity index is 1.70. The van der Waals surface area contributed by atoms with Gasteiger partial charge in [0.25, 0.3) is 0 Å². The summed E-state index contributed by atoms with van der Waals surface area (Å²) in [6, 6.07) is 9.82. The van der Waals surface area contributed by atoms with Gasteiger partial charge in [-0.2, -0.15) is 0 Å². The Morgan fingerprint density at radius 3 is 2.55 bits per heavy atom. The fourth-order valence-corrected chi connectivity index (χ4v) is 3.14. The van der Waals surface area contributed by atoms with E-state index >= 15 is 0 Å². The molecule has 2 heteroatoms. The summed E-state index contributed by atoms with van der Waals surface area (Å²) in [5.41, 5.74) is 8.75. The lowest BCUT2D eigenvalue weighted by molar-refractivity contribution is 0.167. The van der Waals surface area contributed by atoms with Crippen molar-refractivity contribution in [3.05, 3.63) is 35.4 Å². The van der Waals surface area contributed by atoms with Crippen LogP contribution in [0.5, 0.6) is 0 Å². The van der Waals surface area contributed by atoms with Crippen LogP contribution in [0.2, 0.25) is 0 Å². The average molecular weight is 273 g/mol. The summed E-state index contributed by atoms with van der Waals surface area (Å²) in [5, 5.41) is 0. The topological polar surface area (TPSA) is 29.3 Å². The number of benzene rings is 1. The van der Waals surface area contributed by atoms with Gasteiger partial charge in [-0.3, -0.25) is 0 Å². The molecule has 0 unspecified atom stereocenters. The second-order valence-corrected chi connectivity index (χ2v) is 7.11. The zero-order chi connectivity index (χ0) is 14.6. The maximum atomic E-state index is 6.13. The van der Waals surface area contributed by atoms with Crippen LogP contribution in [0.1, 0.15) is 44.2 Å². The van der Waals surface area contributed by atoms with E-state index in [1.807, 2.05) is 0 Å². The fraction of sp³-hybridized carbons (Fsp3) is 0.667. The molecule has 0 aromatic heterocycles. The van der Waals surface area contributed by atoms with Crippen molar-refractivity contribution in [1.29, 1.82) is 0 Å². The molecule has 20 heavy (non-hydrogen) atoms. The molecule has 0 amide bonds. The number of likely N-dealkylation sites (tertiary alicyclic amines) is 1. The van der Waals surface area contributed by atoms with Gasteiger partial charge >= 0.3 is 0 Å². The van der Waals surface area contributed by atoms with Gasteiger partial charge in [0.05, 0.1) is 0 Å². The Hall–Kier alpha value is -0.860. The first-order valence-electron chi connectivity index (χ1n) is 7.91. The first-order valence-corrected chi connectivity index (χ1v) is 7.91. The van der Waals surface area contributed by atoms with E-state index in [4.69, 9.17) is 5.73 Å². The molecule has 111 valence electrons. The predicted molar refractivity (Wildman–Crippen MR) is 85.8 cm³/mol. The molecule has 2 N–H and O–H groups in total. The van der Waals surface area contributed by atoms with Crippen LogP contribution in [0.15, 0.2) is 18.2 Å². The number of rotatable bonds is 5. The van der Waals surface area contributed by atoms with Gasteiger partial charge in [-0.15, -0.1) is 0 Å². The van der Waals surface area contributed by atoms with E-state index in [1.54, 1.807) is 0 Å². The minimum atomic E-state index is -0.00936. The minimum absolute atomic E-state index is 0.00936. The standard InChI is InChI=1S/C18H29N2/c1-15-4-6-16(7-5-15)8-11-20-12-9-17(10-13-20)14-18(2,3)19/h4,6-7,17H,8-14,19H2,1-3H3. The van der Waals surface area contributed by atoms with Gasteiger partial charge in [-0.1, -0.05) is 18.2 Å². The third-order valence-corrected chi connectivity index (χ3v) is 4.27. The maximum Gasteiger partial charge on any atom is 0.00997 e. The quantitative estimate of drug-likeness (QED) is 0.893. The van der Waals surface area contributed by atoms with Crippen LogP contribution in [0.4, 0.5) is 0 Å². The highest BCUT2D eigenvalue weighted by atomic mass is 15.1. The van der Waals surface area contributed by atoms with Gasteiger partial charge in [0.2, 0.25) is 0 Å². The van der Waals surface area contributed by atoms with Crippen LogP contribution < -0.4 is 5.73 Å². The lowest BCUT2D eigenvalue weighted by atomic mass is 9.85. The van der Waals surface area contributed by atoms with Crippen molar-refractivity contribution < 1.29 is 0 Å². The first kappa shape index (κ1) is 15.5. The van der Waals surface area contributed by atoms with Crippen molar-refractivity contribution in [1.82, 2.24) is 4.90 Å². The summed E-state index contributed by atoms with van der Waals surface area (Å²) >= 11 is 0. The molecule has 0 aliphatic carbocycles. The predicted octanol–water partition coefficient (Wildman–Crippen LogP) is 3.18. The highest BCUT2D eigenvalue weighted by Gasteiger charge is 2.23. The summed E-state index contributed by atoms with van der Waals surface area (Å²) in [7, 11) is 0. The van der Waals surface area contributed by atoms with Crippen LogP contribution in [-0.2, 0) is 6.42 Å². The molecule has 2 nitrogen and oxygen atoms in total. The van der Waals surface area contributed by atoms with Gasteiger partial charge in [0.1, 0.15) is 0 Å². The molecule has 0 atom stereocenters. The van der Waals surface area contributed by atoms with E-state index < -0.39 is 0 Å². The number of nitrogens with zero attached hydrogens (tertiary/aromatic N) is 1. The van der Waals surface area contributed by atoms with Gasteiger partial charge < -0.3 is 10.6 Å². The monoisotopic (exact) mass is 273 g/mol. The Morgan fingerprint density at radius 1 is 1.30 bits per heavy atom. The second kappa shape index (κ2) is 6.73. The molecule has 0 saturated carbocycles. The number of aryl methyl sites for hydroxylation is 1. The SMILES string of the molecule is Cc1[c]cc(CCN2CCC(CC(C)(C)N)CC2)cc1. The Morgan fingerprint density at radius 2 is 2.00 bits per heavy atom. The van der Waals surface area contributed by atoms with E-state index in [-0.39, 0.29) is 5.54 Å². The van der Waals surface area contributed by atoms with Crippen LogP contribution in [0.3, 0.4) is 0 Å². The molecule has 1 aliphatic heterocycles. The average Bonchev–Trinajstić information content (AvgIpc) is 2.38. The maximum absolute atomic E-state index is 6.13. The summed E-state index contributed by atoms with van der Waals surface area (Å²) in [6.07, 6.45) is 4.92. The lowest BCUT2D eigenvalue weighted by Gasteiger charge is -2.34. The zero-order valence-electron chi connectivity index (χ0n) is 13.3. The van der Waals surface area contributed by atoms with Crippen LogP contribution in [0.25, 0.3) is 0 Å². The van der Waals surface area contributed by atoms with Crippen LogP contribution in [0, 0.1) is 18.9 Å². The molecule has 1 fully saturated rings. The third-order valence-electron chi connectivity index (χ3n) is 4.27. The van der Waals surface area contributed by atoms with Gasteiger partial charge in [0.15, 0.2) is 0 Å². The number of nitrogens with two attached hydrogens (primary N) is 1. The largest absolute Gasteiger partial charge is 0.326 e. The van der Waals surface area contributed by atoms with E-state index in [0.29, 0.717) is 0 Å². The normalized spacial score (nSPS) is 18.4. The number of hydrogen-bond acceptors (Lipinski definition) is 2. The second-order valence-electron chi connectivity index (χ2n) is 7.11.